The van der Waals surface area contributed by atoms with E-state index in [1.54, 1.807) is 18.2 Å². The van der Waals surface area contributed by atoms with Gasteiger partial charge in [0.25, 0.3) is 5.91 Å². The van der Waals surface area contributed by atoms with Crippen LogP contribution in [-0.4, -0.2) is 31.1 Å². The van der Waals surface area contributed by atoms with E-state index < -0.39 is 12.0 Å². The molecule has 0 saturated heterocycles. The predicted octanol–water partition coefficient (Wildman–Crippen LogP) is 1.97. The molecule has 2 rings (SSSR count). The van der Waals surface area contributed by atoms with Gasteiger partial charge in [-0.15, -0.1) is 0 Å². The van der Waals surface area contributed by atoms with Crippen molar-refractivity contribution in [2.24, 2.45) is 5.92 Å². The summed E-state index contributed by atoms with van der Waals surface area (Å²) in [6.45, 7) is 5.97. The number of hydrogen-bond acceptors (Lipinski definition) is 5. The summed E-state index contributed by atoms with van der Waals surface area (Å²) < 4.78 is 10.7. The zero-order chi connectivity index (χ0) is 16.3. The minimum atomic E-state index is -0.696. The molecule has 1 atom stereocenters. The first kappa shape index (κ1) is 16.1. The number of nitrogen functional groups attached to an aromatic ring is 1. The van der Waals surface area contributed by atoms with Gasteiger partial charge >= 0.3 is 5.97 Å². The summed E-state index contributed by atoms with van der Waals surface area (Å²) in [7, 11) is 0. The number of nitrogens with zero attached hydrogens (tertiary/aromatic N) is 1. The first-order valence-corrected chi connectivity index (χ1v) is 7.45. The molecule has 1 aliphatic heterocycles. The minimum Gasteiger partial charge on any atom is -0.481 e. The Morgan fingerprint density at radius 2 is 2.18 bits per heavy atom. The lowest BCUT2D eigenvalue weighted by atomic mass is 10.1. The topological polar surface area (TPSA) is 81.9 Å². The van der Waals surface area contributed by atoms with Gasteiger partial charge in [-0.3, -0.25) is 9.69 Å². The molecule has 1 heterocycles. The van der Waals surface area contributed by atoms with E-state index in [1.807, 2.05) is 20.8 Å². The lowest BCUT2D eigenvalue weighted by molar-refractivity contribution is -0.147. The fourth-order valence-electron chi connectivity index (χ4n) is 2.38. The van der Waals surface area contributed by atoms with Gasteiger partial charge in [0, 0.05) is 0 Å². The molecular weight excluding hydrogens is 284 g/mol. The quantitative estimate of drug-likeness (QED) is 0.664. The highest BCUT2D eigenvalue weighted by Crippen LogP contribution is 2.38. The molecule has 0 aliphatic carbocycles. The summed E-state index contributed by atoms with van der Waals surface area (Å²) in [5.41, 5.74) is 6.84. The van der Waals surface area contributed by atoms with E-state index in [0.717, 1.165) is 0 Å². The normalized spacial score (nSPS) is 15.3. The van der Waals surface area contributed by atoms with Crippen LogP contribution in [0, 0.1) is 5.92 Å². The van der Waals surface area contributed by atoms with Crippen molar-refractivity contribution in [3.8, 4) is 5.75 Å². The zero-order valence-corrected chi connectivity index (χ0v) is 13.2. The number of nitrogens with two attached hydrogens (primary N) is 1. The van der Waals surface area contributed by atoms with Gasteiger partial charge in [0.05, 0.1) is 12.3 Å². The number of anilines is 2. The molecule has 1 unspecified atom stereocenters. The van der Waals surface area contributed by atoms with Crippen LogP contribution in [0.4, 0.5) is 11.4 Å². The number of esters is 1. The first-order valence-electron chi connectivity index (χ1n) is 7.45. The van der Waals surface area contributed by atoms with Crippen molar-refractivity contribution in [3.05, 3.63) is 18.2 Å². The number of hydrogen-bond donors (Lipinski definition) is 1. The Bertz CT molecular complexity index is 571. The van der Waals surface area contributed by atoms with E-state index in [0.29, 0.717) is 30.2 Å². The molecule has 1 aromatic rings. The molecule has 0 radical (unpaired) electrons. The molecule has 1 aromatic carbocycles. The summed E-state index contributed by atoms with van der Waals surface area (Å²) in [6.07, 6.45) is 0.441. The van der Waals surface area contributed by atoms with Crippen molar-refractivity contribution in [2.75, 3.05) is 23.8 Å². The molecule has 0 saturated carbocycles. The summed E-state index contributed by atoms with van der Waals surface area (Å²) in [6, 6.07) is 4.47. The van der Waals surface area contributed by atoms with Gasteiger partial charge in [0.15, 0.2) is 6.61 Å². The lowest BCUT2D eigenvalue weighted by Crippen LogP contribution is -2.50. The lowest BCUT2D eigenvalue weighted by Gasteiger charge is -2.35. The van der Waals surface area contributed by atoms with Crippen LogP contribution >= 0.6 is 0 Å². The van der Waals surface area contributed by atoms with Crippen LogP contribution < -0.4 is 15.4 Å². The monoisotopic (exact) mass is 306 g/mol. The third-order valence-electron chi connectivity index (χ3n) is 3.42. The SMILES string of the molecule is CCC(C(=O)OCC(C)C)N1C(=O)COc2cccc(N)c21. The minimum absolute atomic E-state index is 0.107. The summed E-state index contributed by atoms with van der Waals surface area (Å²) in [5.74, 6) is 0.0355. The molecular formula is C16H22N2O4. The van der Waals surface area contributed by atoms with Gasteiger partial charge in [-0.2, -0.15) is 0 Å². The number of carbonyl (C=O) groups excluding carboxylic acids is 2. The Labute approximate surface area is 130 Å². The molecule has 6 nitrogen and oxygen atoms in total. The van der Waals surface area contributed by atoms with Crippen molar-refractivity contribution >= 4 is 23.3 Å². The van der Waals surface area contributed by atoms with Crippen LogP contribution in [-0.2, 0) is 14.3 Å². The summed E-state index contributed by atoms with van der Waals surface area (Å²) in [4.78, 5) is 26.1. The molecule has 22 heavy (non-hydrogen) atoms. The molecule has 120 valence electrons. The third-order valence-corrected chi connectivity index (χ3v) is 3.42. The molecule has 0 spiro atoms. The largest absolute Gasteiger partial charge is 0.481 e. The number of ether oxygens (including phenoxy) is 2. The standard InChI is InChI=1S/C16H22N2O4/c1-4-12(16(20)22-8-10(2)3)18-14(19)9-21-13-7-5-6-11(17)15(13)18/h5-7,10,12H,4,8-9,17H2,1-3H3. The molecule has 6 heteroatoms. The van der Waals surface area contributed by atoms with E-state index in [4.69, 9.17) is 15.2 Å². The maximum Gasteiger partial charge on any atom is 0.329 e. The average Bonchev–Trinajstić information content (AvgIpc) is 2.48. The summed E-state index contributed by atoms with van der Waals surface area (Å²) >= 11 is 0. The number of carbonyl (C=O) groups is 2. The number of fused-ring (bicyclic) bond motifs is 1. The van der Waals surface area contributed by atoms with Crippen LogP contribution in [0.25, 0.3) is 0 Å². The Morgan fingerprint density at radius 3 is 2.82 bits per heavy atom. The smallest absolute Gasteiger partial charge is 0.329 e. The fourth-order valence-corrected chi connectivity index (χ4v) is 2.38. The maximum absolute atomic E-state index is 12.3. The highest BCUT2D eigenvalue weighted by Gasteiger charge is 2.37. The number of benzene rings is 1. The fraction of sp³-hybridized carbons (Fsp3) is 0.500. The van der Waals surface area contributed by atoms with Crippen molar-refractivity contribution in [1.82, 2.24) is 0 Å². The molecule has 1 amide bonds. The van der Waals surface area contributed by atoms with Crippen molar-refractivity contribution in [3.63, 3.8) is 0 Å². The molecule has 0 bridgehead atoms. The number of amides is 1. The highest BCUT2D eigenvalue weighted by molar-refractivity contribution is 6.05. The van der Waals surface area contributed by atoms with Gasteiger partial charge in [0.2, 0.25) is 0 Å². The van der Waals surface area contributed by atoms with Crippen LogP contribution in [0.3, 0.4) is 0 Å². The van der Waals surface area contributed by atoms with Crippen LogP contribution in [0.5, 0.6) is 5.75 Å². The Balaban J connectivity index is 2.33. The second kappa shape index (κ2) is 6.68. The zero-order valence-electron chi connectivity index (χ0n) is 13.2. The molecule has 0 fully saturated rings. The Hall–Kier alpha value is -2.24. The van der Waals surface area contributed by atoms with Gasteiger partial charge in [0.1, 0.15) is 17.5 Å². The highest BCUT2D eigenvalue weighted by atomic mass is 16.5. The van der Waals surface area contributed by atoms with E-state index in [9.17, 15) is 9.59 Å². The third kappa shape index (κ3) is 3.16. The van der Waals surface area contributed by atoms with Gasteiger partial charge in [-0.25, -0.2) is 4.79 Å². The van der Waals surface area contributed by atoms with Crippen LogP contribution in [0.15, 0.2) is 18.2 Å². The second-order valence-corrected chi connectivity index (χ2v) is 5.69. The first-order chi connectivity index (χ1) is 10.5. The van der Waals surface area contributed by atoms with Gasteiger partial charge in [-0.05, 0) is 24.5 Å². The van der Waals surface area contributed by atoms with Gasteiger partial charge < -0.3 is 15.2 Å². The number of para-hydroxylation sites is 1. The van der Waals surface area contributed by atoms with E-state index >= 15 is 0 Å². The second-order valence-electron chi connectivity index (χ2n) is 5.69. The van der Waals surface area contributed by atoms with Crippen LogP contribution in [0.2, 0.25) is 0 Å². The van der Waals surface area contributed by atoms with Gasteiger partial charge in [-0.1, -0.05) is 26.8 Å². The van der Waals surface area contributed by atoms with Crippen molar-refractivity contribution < 1.29 is 19.1 Å². The van der Waals surface area contributed by atoms with E-state index in [1.165, 1.54) is 4.90 Å². The van der Waals surface area contributed by atoms with E-state index in [-0.39, 0.29) is 18.4 Å². The average molecular weight is 306 g/mol. The number of rotatable bonds is 5. The van der Waals surface area contributed by atoms with E-state index in [2.05, 4.69) is 0 Å². The summed E-state index contributed by atoms with van der Waals surface area (Å²) in [5, 5.41) is 0. The Morgan fingerprint density at radius 1 is 1.45 bits per heavy atom. The molecule has 2 N–H and O–H groups in total. The Kier molecular flexibility index (Phi) is 4.90. The molecule has 1 aliphatic rings. The maximum atomic E-state index is 12.3. The van der Waals surface area contributed by atoms with Crippen molar-refractivity contribution in [1.29, 1.82) is 0 Å². The predicted molar refractivity (Wildman–Crippen MR) is 83.7 cm³/mol. The van der Waals surface area contributed by atoms with Crippen LogP contribution in [0.1, 0.15) is 27.2 Å². The van der Waals surface area contributed by atoms with Crippen molar-refractivity contribution in [2.45, 2.75) is 33.2 Å². The molecule has 0 aromatic heterocycles.